The second-order valence-electron chi connectivity index (χ2n) is 5.60. The van der Waals surface area contributed by atoms with Crippen molar-refractivity contribution >= 4 is 17.1 Å². The smallest absolute Gasteiger partial charge is 0.171 e. The Morgan fingerprint density at radius 1 is 1.20 bits per heavy atom. The summed E-state index contributed by atoms with van der Waals surface area (Å²) in [7, 11) is 0. The number of halogens is 2. The van der Waals surface area contributed by atoms with E-state index in [1.54, 1.807) is 0 Å². The summed E-state index contributed by atoms with van der Waals surface area (Å²) in [6.45, 7) is 7.17. The fourth-order valence-corrected chi connectivity index (χ4v) is 3.10. The minimum atomic E-state index is -0.672. The summed E-state index contributed by atoms with van der Waals surface area (Å²) in [5.41, 5.74) is 0.0421. The molecule has 1 heterocycles. The fourth-order valence-electron chi connectivity index (χ4n) is 1.88. The molecule has 1 aromatic heterocycles. The molecule has 0 bridgehead atoms. The van der Waals surface area contributed by atoms with Crippen LogP contribution in [0.3, 0.4) is 0 Å². The average molecular weight is 295 g/mol. The minimum absolute atomic E-state index is 0.143. The third-order valence-electron chi connectivity index (χ3n) is 2.83. The standard InChI is InChI=1S/C15H15F2NOS/c1-8(19)12-13(15(2,3)4)18-14(20-12)11-9(16)6-5-7-10(11)17/h5-7H,1-4H3. The van der Waals surface area contributed by atoms with E-state index < -0.39 is 11.6 Å². The number of Topliss-reactive ketones (excluding diaryl/α,β-unsaturated/α-hetero) is 1. The molecule has 20 heavy (non-hydrogen) atoms. The lowest BCUT2D eigenvalue weighted by atomic mass is 9.90. The van der Waals surface area contributed by atoms with Gasteiger partial charge in [-0.15, -0.1) is 11.3 Å². The number of carbonyl (C=O) groups is 1. The van der Waals surface area contributed by atoms with Gasteiger partial charge in [-0.25, -0.2) is 13.8 Å². The predicted molar refractivity (Wildman–Crippen MR) is 76.2 cm³/mol. The van der Waals surface area contributed by atoms with E-state index in [9.17, 15) is 13.6 Å². The summed E-state index contributed by atoms with van der Waals surface area (Å²) in [5.74, 6) is -1.49. The first kappa shape index (κ1) is 14.8. The fraction of sp³-hybridized carbons (Fsp3) is 0.333. The van der Waals surface area contributed by atoms with Crippen molar-refractivity contribution in [1.82, 2.24) is 4.98 Å². The summed E-state index contributed by atoms with van der Waals surface area (Å²) in [6.07, 6.45) is 0. The van der Waals surface area contributed by atoms with Gasteiger partial charge in [-0.1, -0.05) is 26.8 Å². The molecule has 0 aliphatic rings. The van der Waals surface area contributed by atoms with E-state index in [0.29, 0.717) is 10.6 Å². The van der Waals surface area contributed by atoms with E-state index in [1.165, 1.54) is 25.1 Å². The van der Waals surface area contributed by atoms with Crippen LogP contribution >= 0.6 is 11.3 Å². The summed E-state index contributed by atoms with van der Waals surface area (Å²) in [4.78, 5) is 16.5. The first-order chi connectivity index (χ1) is 9.21. The molecule has 0 N–H and O–H groups in total. The zero-order chi connectivity index (χ0) is 15.1. The minimum Gasteiger partial charge on any atom is -0.294 e. The zero-order valence-electron chi connectivity index (χ0n) is 11.8. The second-order valence-corrected chi connectivity index (χ2v) is 6.60. The molecular formula is C15H15F2NOS. The summed E-state index contributed by atoms with van der Waals surface area (Å²) < 4.78 is 27.6. The van der Waals surface area contributed by atoms with Gasteiger partial charge in [-0.05, 0) is 12.1 Å². The molecule has 2 rings (SSSR count). The van der Waals surface area contributed by atoms with Crippen LogP contribution in [0.25, 0.3) is 10.6 Å². The molecular weight excluding hydrogens is 280 g/mol. The van der Waals surface area contributed by atoms with E-state index in [-0.39, 0.29) is 21.8 Å². The number of rotatable bonds is 2. The van der Waals surface area contributed by atoms with Gasteiger partial charge in [0.2, 0.25) is 0 Å². The van der Waals surface area contributed by atoms with Crippen molar-refractivity contribution in [2.24, 2.45) is 0 Å². The normalized spacial score (nSPS) is 11.7. The molecule has 0 saturated carbocycles. The lowest BCUT2D eigenvalue weighted by molar-refractivity contribution is 0.101. The van der Waals surface area contributed by atoms with Crippen LogP contribution < -0.4 is 0 Å². The highest BCUT2D eigenvalue weighted by atomic mass is 32.1. The van der Waals surface area contributed by atoms with Crippen LogP contribution in [0.4, 0.5) is 8.78 Å². The quantitative estimate of drug-likeness (QED) is 0.759. The van der Waals surface area contributed by atoms with Crippen LogP contribution in [0.5, 0.6) is 0 Å². The molecule has 0 fully saturated rings. The Morgan fingerprint density at radius 2 is 1.75 bits per heavy atom. The first-order valence-electron chi connectivity index (χ1n) is 6.18. The maximum atomic E-state index is 13.8. The molecule has 1 aromatic carbocycles. The maximum Gasteiger partial charge on any atom is 0.171 e. The van der Waals surface area contributed by atoms with E-state index in [4.69, 9.17) is 0 Å². The molecule has 106 valence electrons. The van der Waals surface area contributed by atoms with Crippen LogP contribution in [0.15, 0.2) is 18.2 Å². The highest BCUT2D eigenvalue weighted by Crippen LogP contribution is 2.36. The largest absolute Gasteiger partial charge is 0.294 e. The SMILES string of the molecule is CC(=O)c1sc(-c2c(F)cccc2F)nc1C(C)(C)C. The summed E-state index contributed by atoms with van der Waals surface area (Å²) in [5, 5.41) is 0.204. The van der Waals surface area contributed by atoms with Crippen molar-refractivity contribution in [2.75, 3.05) is 0 Å². The van der Waals surface area contributed by atoms with E-state index in [2.05, 4.69) is 4.98 Å². The monoisotopic (exact) mass is 295 g/mol. The lowest BCUT2D eigenvalue weighted by Crippen LogP contribution is -2.15. The van der Waals surface area contributed by atoms with Crippen LogP contribution in [0.1, 0.15) is 43.1 Å². The predicted octanol–water partition coefficient (Wildman–Crippen LogP) is 4.59. The highest BCUT2D eigenvalue weighted by Gasteiger charge is 2.27. The Labute approximate surface area is 120 Å². The maximum absolute atomic E-state index is 13.8. The summed E-state index contributed by atoms with van der Waals surface area (Å²) in [6, 6.07) is 3.67. The van der Waals surface area contributed by atoms with Gasteiger partial charge >= 0.3 is 0 Å². The van der Waals surface area contributed by atoms with Crippen LogP contribution in [0.2, 0.25) is 0 Å². The average Bonchev–Trinajstić information content (AvgIpc) is 2.73. The molecule has 2 nitrogen and oxygen atoms in total. The molecule has 2 aromatic rings. The van der Waals surface area contributed by atoms with Crippen molar-refractivity contribution in [3.63, 3.8) is 0 Å². The molecule has 0 atom stereocenters. The molecule has 0 spiro atoms. The van der Waals surface area contributed by atoms with E-state index in [0.717, 1.165) is 11.3 Å². The van der Waals surface area contributed by atoms with Gasteiger partial charge in [0.15, 0.2) is 5.78 Å². The number of ketones is 1. The van der Waals surface area contributed by atoms with Gasteiger partial charge in [0.05, 0.1) is 16.1 Å². The van der Waals surface area contributed by atoms with Gasteiger partial charge in [-0.2, -0.15) is 0 Å². The van der Waals surface area contributed by atoms with Crippen molar-refractivity contribution in [2.45, 2.75) is 33.1 Å². The molecule has 0 aliphatic heterocycles. The topological polar surface area (TPSA) is 30.0 Å². The highest BCUT2D eigenvalue weighted by molar-refractivity contribution is 7.17. The molecule has 0 amide bonds. The number of carbonyl (C=O) groups excluding carboxylic acids is 1. The van der Waals surface area contributed by atoms with Crippen LogP contribution in [-0.4, -0.2) is 10.8 Å². The van der Waals surface area contributed by atoms with Crippen molar-refractivity contribution < 1.29 is 13.6 Å². The number of hydrogen-bond acceptors (Lipinski definition) is 3. The Bertz CT molecular complexity index is 651. The zero-order valence-corrected chi connectivity index (χ0v) is 12.6. The molecule has 5 heteroatoms. The Hall–Kier alpha value is -1.62. The van der Waals surface area contributed by atoms with Crippen LogP contribution in [0, 0.1) is 11.6 Å². The van der Waals surface area contributed by atoms with Gasteiger partial charge < -0.3 is 0 Å². The van der Waals surface area contributed by atoms with Crippen molar-refractivity contribution in [1.29, 1.82) is 0 Å². The Balaban J connectivity index is 2.69. The van der Waals surface area contributed by atoms with Crippen molar-refractivity contribution in [3.8, 4) is 10.6 Å². The molecule has 0 unspecified atom stereocenters. The van der Waals surface area contributed by atoms with Crippen molar-refractivity contribution in [3.05, 3.63) is 40.4 Å². The second kappa shape index (κ2) is 5.05. The third-order valence-corrected chi connectivity index (χ3v) is 4.01. The van der Waals surface area contributed by atoms with Gasteiger partial charge in [0.1, 0.15) is 16.6 Å². The number of nitrogens with zero attached hydrogens (tertiary/aromatic N) is 1. The Kier molecular flexibility index (Phi) is 3.73. The number of benzene rings is 1. The third kappa shape index (κ3) is 2.63. The number of thiazole rings is 1. The Morgan fingerprint density at radius 3 is 2.15 bits per heavy atom. The van der Waals surface area contributed by atoms with Crippen LogP contribution in [-0.2, 0) is 5.41 Å². The van der Waals surface area contributed by atoms with Gasteiger partial charge in [-0.3, -0.25) is 4.79 Å². The van der Waals surface area contributed by atoms with E-state index in [1.807, 2.05) is 20.8 Å². The molecule has 0 saturated heterocycles. The molecule has 0 aliphatic carbocycles. The first-order valence-corrected chi connectivity index (χ1v) is 7.00. The van der Waals surface area contributed by atoms with E-state index >= 15 is 0 Å². The van der Waals surface area contributed by atoms with Gasteiger partial charge in [0.25, 0.3) is 0 Å². The summed E-state index contributed by atoms with van der Waals surface area (Å²) >= 11 is 1.04. The number of aromatic nitrogens is 1. The molecule has 0 radical (unpaired) electrons. The lowest BCUT2D eigenvalue weighted by Gasteiger charge is -2.16. The van der Waals surface area contributed by atoms with Gasteiger partial charge in [0, 0.05) is 12.3 Å². The number of hydrogen-bond donors (Lipinski definition) is 0.